The van der Waals surface area contributed by atoms with Crippen molar-refractivity contribution in [3.63, 3.8) is 0 Å². The predicted molar refractivity (Wildman–Crippen MR) is 85.6 cm³/mol. The summed E-state index contributed by atoms with van der Waals surface area (Å²) in [5, 5.41) is 0.887. The summed E-state index contributed by atoms with van der Waals surface area (Å²) >= 11 is 4.43. The van der Waals surface area contributed by atoms with Gasteiger partial charge < -0.3 is 5.73 Å². The second-order valence-corrected chi connectivity index (χ2v) is 7.41. The summed E-state index contributed by atoms with van der Waals surface area (Å²) in [6.07, 6.45) is 6.66. The van der Waals surface area contributed by atoms with Crippen molar-refractivity contribution in [1.82, 2.24) is 0 Å². The highest BCUT2D eigenvalue weighted by Gasteiger charge is 2.16. The lowest BCUT2D eigenvalue weighted by Gasteiger charge is -2.14. The first kappa shape index (κ1) is 13.7. The van der Waals surface area contributed by atoms with Crippen LogP contribution in [0.5, 0.6) is 0 Å². The lowest BCUT2D eigenvalue weighted by Crippen LogP contribution is -2.26. The Morgan fingerprint density at radius 2 is 1.88 bits per heavy atom. The van der Waals surface area contributed by atoms with Crippen LogP contribution in [0.2, 0.25) is 0 Å². The molecule has 0 radical (unpaired) electrons. The van der Waals surface area contributed by atoms with Crippen molar-refractivity contribution in [2.75, 3.05) is 5.75 Å². The summed E-state index contributed by atoms with van der Waals surface area (Å²) in [4.78, 5) is 0. The molecular formula is C14H20INS. The average molecular weight is 361 g/mol. The summed E-state index contributed by atoms with van der Waals surface area (Å²) in [6, 6.07) is 9.02. The molecule has 1 nitrogen and oxygen atoms in total. The minimum atomic E-state index is 0.306. The third-order valence-corrected chi connectivity index (χ3v) is 5.54. The van der Waals surface area contributed by atoms with Crippen molar-refractivity contribution < 1.29 is 0 Å². The Morgan fingerprint density at radius 1 is 1.24 bits per heavy atom. The van der Waals surface area contributed by atoms with Crippen LogP contribution in [0.3, 0.4) is 0 Å². The molecule has 1 aromatic rings. The molecule has 17 heavy (non-hydrogen) atoms. The maximum absolute atomic E-state index is 6.20. The van der Waals surface area contributed by atoms with Crippen LogP contribution in [-0.4, -0.2) is 17.0 Å². The fraction of sp³-hybridized carbons (Fsp3) is 0.571. The zero-order valence-corrected chi connectivity index (χ0v) is 13.0. The van der Waals surface area contributed by atoms with Gasteiger partial charge in [-0.2, -0.15) is 11.8 Å². The van der Waals surface area contributed by atoms with Gasteiger partial charge in [0.25, 0.3) is 0 Å². The molecule has 94 valence electrons. The highest BCUT2D eigenvalue weighted by molar-refractivity contribution is 14.1. The van der Waals surface area contributed by atoms with Crippen LogP contribution in [0.1, 0.15) is 31.2 Å². The molecule has 2 rings (SSSR count). The third-order valence-electron chi connectivity index (χ3n) is 3.26. The van der Waals surface area contributed by atoms with Gasteiger partial charge in [-0.3, -0.25) is 0 Å². The van der Waals surface area contributed by atoms with E-state index < -0.39 is 0 Å². The van der Waals surface area contributed by atoms with Crippen molar-refractivity contribution in [2.24, 2.45) is 5.73 Å². The van der Waals surface area contributed by atoms with Gasteiger partial charge in [-0.05, 0) is 59.5 Å². The van der Waals surface area contributed by atoms with Crippen LogP contribution in [0.15, 0.2) is 24.3 Å². The van der Waals surface area contributed by atoms with E-state index in [2.05, 4.69) is 58.6 Å². The number of benzene rings is 1. The molecule has 3 heteroatoms. The molecule has 1 aliphatic carbocycles. The van der Waals surface area contributed by atoms with Gasteiger partial charge in [0.05, 0.1) is 0 Å². The lowest BCUT2D eigenvalue weighted by atomic mass is 10.1. The van der Waals surface area contributed by atoms with E-state index in [1.165, 1.54) is 34.8 Å². The summed E-state index contributed by atoms with van der Waals surface area (Å²) in [7, 11) is 0. The molecule has 1 aromatic carbocycles. The smallest absolute Gasteiger partial charge is 0.0171 e. The van der Waals surface area contributed by atoms with Gasteiger partial charge in [0.1, 0.15) is 0 Å². The van der Waals surface area contributed by atoms with Gasteiger partial charge in [-0.15, -0.1) is 0 Å². The van der Waals surface area contributed by atoms with Crippen molar-refractivity contribution in [3.05, 3.63) is 33.4 Å². The largest absolute Gasteiger partial charge is 0.327 e. The van der Waals surface area contributed by atoms with Crippen LogP contribution in [-0.2, 0) is 6.42 Å². The van der Waals surface area contributed by atoms with E-state index >= 15 is 0 Å². The molecule has 2 N–H and O–H groups in total. The molecule has 0 spiro atoms. The Hall–Kier alpha value is 0.260. The monoisotopic (exact) mass is 361 g/mol. The van der Waals surface area contributed by atoms with E-state index in [4.69, 9.17) is 5.73 Å². The van der Waals surface area contributed by atoms with E-state index in [1.54, 1.807) is 0 Å². The number of hydrogen-bond acceptors (Lipinski definition) is 2. The van der Waals surface area contributed by atoms with Crippen molar-refractivity contribution in [2.45, 2.75) is 43.4 Å². The number of hydrogen-bond donors (Lipinski definition) is 1. The Morgan fingerprint density at radius 3 is 2.53 bits per heavy atom. The minimum Gasteiger partial charge on any atom is -0.327 e. The molecule has 0 bridgehead atoms. The standard InChI is InChI=1S/C14H20INS/c15-12-7-5-11(6-8-12)9-13(16)10-17-14-3-1-2-4-14/h5-8,13-14H,1-4,9-10,16H2. The zero-order chi connectivity index (χ0) is 12.1. The summed E-state index contributed by atoms with van der Waals surface area (Å²) in [5.41, 5.74) is 7.56. The lowest BCUT2D eigenvalue weighted by molar-refractivity contribution is 0.744. The fourth-order valence-electron chi connectivity index (χ4n) is 2.30. The van der Waals surface area contributed by atoms with E-state index in [0.717, 1.165) is 17.4 Å². The predicted octanol–water partition coefficient (Wildman–Crippen LogP) is 3.84. The molecule has 1 aliphatic rings. The van der Waals surface area contributed by atoms with Gasteiger partial charge >= 0.3 is 0 Å². The normalized spacial score (nSPS) is 18.5. The van der Waals surface area contributed by atoms with E-state index in [-0.39, 0.29) is 0 Å². The minimum absolute atomic E-state index is 0.306. The molecule has 0 aliphatic heterocycles. The second-order valence-electron chi connectivity index (χ2n) is 4.83. The van der Waals surface area contributed by atoms with E-state index in [0.29, 0.717) is 6.04 Å². The fourth-order valence-corrected chi connectivity index (χ4v) is 3.96. The maximum atomic E-state index is 6.20. The molecule has 0 amide bonds. The maximum Gasteiger partial charge on any atom is 0.0171 e. The second kappa shape index (κ2) is 7.00. The molecule has 1 atom stereocenters. The van der Waals surface area contributed by atoms with E-state index in [1.807, 2.05) is 0 Å². The Labute approximate surface area is 122 Å². The quantitative estimate of drug-likeness (QED) is 0.807. The summed E-state index contributed by atoms with van der Waals surface area (Å²) in [6.45, 7) is 0. The molecular weight excluding hydrogens is 341 g/mol. The van der Waals surface area contributed by atoms with Crippen LogP contribution in [0.4, 0.5) is 0 Å². The third kappa shape index (κ3) is 4.79. The first-order valence-electron chi connectivity index (χ1n) is 6.35. The number of thioether (sulfide) groups is 1. The van der Waals surface area contributed by atoms with Crippen LogP contribution in [0, 0.1) is 3.57 Å². The van der Waals surface area contributed by atoms with Crippen molar-refractivity contribution in [3.8, 4) is 0 Å². The molecule has 1 fully saturated rings. The SMILES string of the molecule is NC(CSC1CCCC1)Cc1ccc(I)cc1. The number of nitrogens with two attached hydrogens (primary N) is 1. The molecule has 1 saturated carbocycles. The van der Waals surface area contributed by atoms with Gasteiger partial charge in [0.15, 0.2) is 0 Å². The van der Waals surface area contributed by atoms with Gasteiger partial charge in [-0.1, -0.05) is 25.0 Å². The highest BCUT2D eigenvalue weighted by Crippen LogP contribution is 2.29. The van der Waals surface area contributed by atoms with Gasteiger partial charge in [-0.25, -0.2) is 0 Å². The molecule has 1 unspecified atom stereocenters. The topological polar surface area (TPSA) is 26.0 Å². The molecule has 0 heterocycles. The summed E-state index contributed by atoms with van der Waals surface area (Å²) in [5.74, 6) is 1.11. The van der Waals surface area contributed by atoms with Crippen molar-refractivity contribution >= 4 is 34.4 Å². The van der Waals surface area contributed by atoms with Crippen molar-refractivity contribution in [1.29, 1.82) is 0 Å². The number of rotatable bonds is 5. The molecule has 0 saturated heterocycles. The van der Waals surface area contributed by atoms with Gasteiger partial charge in [0, 0.05) is 20.6 Å². The van der Waals surface area contributed by atoms with Crippen LogP contribution < -0.4 is 5.73 Å². The van der Waals surface area contributed by atoms with Crippen LogP contribution >= 0.6 is 34.4 Å². The average Bonchev–Trinajstić information content (AvgIpc) is 2.83. The highest BCUT2D eigenvalue weighted by atomic mass is 127. The zero-order valence-electron chi connectivity index (χ0n) is 10.1. The van der Waals surface area contributed by atoms with Crippen LogP contribution in [0.25, 0.3) is 0 Å². The summed E-state index contributed by atoms with van der Waals surface area (Å²) < 4.78 is 1.29. The Kier molecular flexibility index (Phi) is 5.63. The van der Waals surface area contributed by atoms with E-state index in [9.17, 15) is 0 Å². The number of halogens is 1. The molecule has 0 aromatic heterocycles. The van der Waals surface area contributed by atoms with Gasteiger partial charge in [0.2, 0.25) is 0 Å². The Balaban J connectivity index is 1.72. The first-order valence-corrected chi connectivity index (χ1v) is 8.48. The first-order chi connectivity index (χ1) is 8.24. The Bertz CT molecular complexity index is 333.